The summed E-state index contributed by atoms with van der Waals surface area (Å²) in [7, 11) is 0. The van der Waals surface area contributed by atoms with Crippen LogP contribution in [0.2, 0.25) is 5.28 Å². The summed E-state index contributed by atoms with van der Waals surface area (Å²) in [4.78, 5) is 16.2. The Labute approximate surface area is 180 Å². The molecule has 0 aliphatic heterocycles. The standard InChI is InChI=1S/C21H17ClF3N5O/c1-12(2)30-10-16(21(23,24)25)28-18(30)14-7-5-13(6-8-14)11-31-19-17-15(4-3-9-26-17)27-20(22)29-19/h3-10,12H,11H2,1-2H3. The smallest absolute Gasteiger partial charge is 0.434 e. The minimum absolute atomic E-state index is 0.0480. The molecule has 0 saturated carbocycles. The highest BCUT2D eigenvalue weighted by Gasteiger charge is 2.35. The Morgan fingerprint density at radius 1 is 1.06 bits per heavy atom. The van der Waals surface area contributed by atoms with Gasteiger partial charge < -0.3 is 9.30 Å². The Balaban J connectivity index is 1.57. The molecule has 0 atom stereocenters. The summed E-state index contributed by atoms with van der Waals surface area (Å²) in [6.45, 7) is 3.78. The lowest BCUT2D eigenvalue weighted by atomic mass is 10.1. The summed E-state index contributed by atoms with van der Waals surface area (Å²) in [5.74, 6) is 0.511. The summed E-state index contributed by atoms with van der Waals surface area (Å²) >= 11 is 5.95. The minimum Gasteiger partial charge on any atom is -0.471 e. The van der Waals surface area contributed by atoms with Crippen LogP contribution in [0.5, 0.6) is 5.88 Å². The number of benzene rings is 1. The van der Waals surface area contributed by atoms with E-state index in [0.717, 1.165) is 11.8 Å². The number of hydrogen-bond donors (Lipinski definition) is 0. The lowest BCUT2D eigenvalue weighted by Crippen LogP contribution is -2.05. The van der Waals surface area contributed by atoms with Gasteiger partial charge in [0.25, 0.3) is 0 Å². The Morgan fingerprint density at radius 3 is 2.48 bits per heavy atom. The average molecular weight is 448 g/mol. The lowest BCUT2D eigenvalue weighted by Gasteiger charge is -2.12. The molecule has 160 valence electrons. The van der Waals surface area contributed by atoms with E-state index in [9.17, 15) is 13.2 Å². The number of rotatable bonds is 5. The number of hydrogen-bond acceptors (Lipinski definition) is 5. The Hall–Kier alpha value is -3.20. The van der Waals surface area contributed by atoms with Crippen molar-refractivity contribution in [2.45, 2.75) is 32.7 Å². The monoisotopic (exact) mass is 447 g/mol. The van der Waals surface area contributed by atoms with Crippen LogP contribution in [0.4, 0.5) is 13.2 Å². The molecule has 0 amide bonds. The zero-order valence-corrected chi connectivity index (χ0v) is 17.3. The molecule has 10 heteroatoms. The summed E-state index contributed by atoms with van der Waals surface area (Å²) in [6.07, 6.45) is -1.86. The average Bonchev–Trinajstić information content (AvgIpc) is 3.19. The first-order chi connectivity index (χ1) is 14.7. The van der Waals surface area contributed by atoms with Crippen molar-refractivity contribution in [2.75, 3.05) is 0 Å². The highest BCUT2D eigenvalue weighted by Crippen LogP contribution is 2.32. The second kappa shape index (κ2) is 8.14. The van der Waals surface area contributed by atoms with Crippen molar-refractivity contribution in [1.82, 2.24) is 24.5 Å². The van der Waals surface area contributed by atoms with Gasteiger partial charge in [0.15, 0.2) is 11.2 Å². The molecule has 0 fully saturated rings. The predicted octanol–water partition coefficient (Wildman–Crippen LogP) is 5.72. The minimum atomic E-state index is -4.50. The van der Waals surface area contributed by atoms with Crippen molar-refractivity contribution in [1.29, 1.82) is 0 Å². The maximum absolute atomic E-state index is 13.1. The summed E-state index contributed by atoms with van der Waals surface area (Å²) in [5.41, 5.74) is 1.51. The third-order valence-electron chi connectivity index (χ3n) is 4.56. The second-order valence-electron chi connectivity index (χ2n) is 7.10. The molecule has 0 spiro atoms. The van der Waals surface area contributed by atoms with E-state index in [4.69, 9.17) is 16.3 Å². The van der Waals surface area contributed by atoms with E-state index < -0.39 is 11.9 Å². The van der Waals surface area contributed by atoms with Gasteiger partial charge in [-0.3, -0.25) is 0 Å². The molecular formula is C21H17ClF3N5O. The normalized spacial score (nSPS) is 12.0. The molecule has 1 aromatic carbocycles. The molecule has 3 aromatic heterocycles. The molecule has 4 rings (SSSR count). The highest BCUT2D eigenvalue weighted by atomic mass is 35.5. The Kier molecular flexibility index (Phi) is 5.53. The molecule has 4 aromatic rings. The SMILES string of the molecule is CC(C)n1cc(C(F)(F)F)nc1-c1ccc(COc2nc(Cl)nc3cccnc23)cc1. The van der Waals surface area contributed by atoms with Gasteiger partial charge in [0.05, 0.1) is 5.52 Å². The van der Waals surface area contributed by atoms with Crippen LogP contribution in [0.15, 0.2) is 48.8 Å². The maximum Gasteiger partial charge on any atom is 0.434 e. The van der Waals surface area contributed by atoms with Gasteiger partial charge in [-0.25, -0.2) is 15.0 Å². The molecule has 0 radical (unpaired) electrons. The summed E-state index contributed by atoms with van der Waals surface area (Å²) < 4.78 is 46.6. The zero-order valence-electron chi connectivity index (χ0n) is 16.6. The number of imidazole rings is 1. The molecule has 0 saturated heterocycles. The van der Waals surface area contributed by atoms with E-state index in [-0.39, 0.29) is 29.6 Å². The molecule has 31 heavy (non-hydrogen) atoms. The third-order valence-corrected chi connectivity index (χ3v) is 4.73. The number of pyridine rings is 1. The third kappa shape index (κ3) is 4.46. The second-order valence-corrected chi connectivity index (χ2v) is 7.44. The molecule has 0 aliphatic rings. The van der Waals surface area contributed by atoms with E-state index in [1.54, 1.807) is 56.4 Å². The van der Waals surface area contributed by atoms with E-state index >= 15 is 0 Å². The van der Waals surface area contributed by atoms with Gasteiger partial charge in [-0.15, -0.1) is 0 Å². The number of halogens is 4. The molecule has 0 N–H and O–H groups in total. The fraction of sp³-hybridized carbons (Fsp3) is 0.238. The topological polar surface area (TPSA) is 65.7 Å². The first-order valence-electron chi connectivity index (χ1n) is 9.39. The Bertz CT molecular complexity index is 1220. The first kappa shape index (κ1) is 21.0. The fourth-order valence-electron chi connectivity index (χ4n) is 3.05. The van der Waals surface area contributed by atoms with Crippen molar-refractivity contribution >= 4 is 22.6 Å². The Morgan fingerprint density at radius 2 is 1.81 bits per heavy atom. The van der Waals surface area contributed by atoms with Crippen molar-refractivity contribution < 1.29 is 17.9 Å². The molecule has 0 unspecified atom stereocenters. The van der Waals surface area contributed by atoms with E-state index in [1.807, 2.05) is 0 Å². The zero-order chi connectivity index (χ0) is 22.2. The number of ether oxygens (including phenoxy) is 1. The van der Waals surface area contributed by atoms with Crippen LogP contribution in [-0.2, 0) is 12.8 Å². The lowest BCUT2D eigenvalue weighted by molar-refractivity contribution is -0.140. The van der Waals surface area contributed by atoms with Crippen LogP contribution in [0.25, 0.3) is 22.4 Å². The van der Waals surface area contributed by atoms with Crippen molar-refractivity contribution in [3.05, 3.63) is 65.3 Å². The van der Waals surface area contributed by atoms with Crippen LogP contribution < -0.4 is 4.74 Å². The van der Waals surface area contributed by atoms with Gasteiger partial charge in [0, 0.05) is 24.0 Å². The molecular weight excluding hydrogens is 431 g/mol. The summed E-state index contributed by atoms with van der Waals surface area (Å²) in [6, 6.07) is 10.3. The number of alkyl halides is 3. The van der Waals surface area contributed by atoms with Gasteiger partial charge >= 0.3 is 6.18 Å². The molecule has 0 aliphatic carbocycles. The van der Waals surface area contributed by atoms with Gasteiger partial charge in [-0.1, -0.05) is 24.3 Å². The van der Waals surface area contributed by atoms with E-state index in [1.165, 1.54) is 4.57 Å². The van der Waals surface area contributed by atoms with Gasteiger partial charge in [0.1, 0.15) is 12.4 Å². The number of aromatic nitrogens is 5. The van der Waals surface area contributed by atoms with Crippen molar-refractivity contribution in [2.24, 2.45) is 0 Å². The molecule has 0 bridgehead atoms. The quantitative estimate of drug-likeness (QED) is 0.366. The number of nitrogens with zero attached hydrogens (tertiary/aromatic N) is 5. The maximum atomic E-state index is 13.1. The highest BCUT2D eigenvalue weighted by molar-refractivity contribution is 6.28. The fourth-order valence-corrected chi connectivity index (χ4v) is 3.22. The van der Waals surface area contributed by atoms with Crippen LogP contribution in [-0.4, -0.2) is 24.5 Å². The molecule has 6 nitrogen and oxygen atoms in total. The van der Waals surface area contributed by atoms with Crippen molar-refractivity contribution in [3.63, 3.8) is 0 Å². The van der Waals surface area contributed by atoms with Crippen molar-refractivity contribution in [3.8, 4) is 17.3 Å². The largest absolute Gasteiger partial charge is 0.471 e. The van der Waals surface area contributed by atoms with Crippen LogP contribution >= 0.6 is 11.6 Å². The van der Waals surface area contributed by atoms with Crippen LogP contribution in [0.3, 0.4) is 0 Å². The summed E-state index contributed by atoms with van der Waals surface area (Å²) in [5, 5.41) is 0.0480. The predicted molar refractivity (Wildman–Crippen MR) is 110 cm³/mol. The van der Waals surface area contributed by atoms with Gasteiger partial charge in [-0.2, -0.15) is 18.2 Å². The molecule has 3 heterocycles. The van der Waals surface area contributed by atoms with Crippen LogP contribution in [0, 0.1) is 0 Å². The van der Waals surface area contributed by atoms with Gasteiger partial charge in [-0.05, 0) is 43.1 Å². The number of fused-ring (bicyclic) bond motifs is 1. The van der Waals surface area contributed by atoms with Crippen LogP contribution in [0.1, 0.15) is 31.1 Å². The van der Waals surface area contributed by atoms with E-state index in [0.29, 0.717) is 16.6 Å². The van der Waals surface area contributed by atoms with Gasteiger partial charge in [0.2, 0.25) is 11.2 Å². The first-order valence-corrected chi connectivity index (χ1v) is 9.76. The van der Waals surface area contributed by atoms with E-state index in [2.05, 4.69) is 19.9 Å².